The lowest BCUT2D eigenvalue weighted by molar-refractivity contribution is -0.413. The van der Waals surface area contributed by atoms with Gasteiger partial charge in [-0.05, 0) is 17.7 Å². The zero-order valence-electron chi connectivity index (χ0n) is 16.9. The molecule has 1 aromatic carbocycles. The first-order valence-electron chi connectivity index (χ1n) is 9.57. The average Bonchev–Trinajstić information content (AvgIpc) is 2.97. The number of benzene rings is 1. The number of rotatable bonds is 7. The van der Waals surface area contributed by atoms with E-state index in [1.54, 1.807) is 0 Å². The van der Waals surface area contributed by atoms with Crippen molar-refractivity contribution in [2.24, 2.45) is 0 Å². The fraction of sp³-hybridized carbons (Fsp3) is 0.474. The quantitative estimate of drug-likeness (QED) is 0.185. The molecule has 0 saturated carbocycles. The standard InChI is InChI=1S/C19H24FN3O9/c1-10(6-20)13-8-22(17(28)21-16(13)27)19(30)18(29,15(26)14(9-24)32-19)23(31)7-11-2-4-12(25)5-3-11/h2-5,8,10,14-15,24-26,29-31H,6-7,9H2,1H3,(H,21,27,28)/t10?,14-,15-,18-,19-/m1/s1. The maximum absolute atomic E-state index is 13.2. The molecule has 0 amide bonds. The first-order chi connectivity index (χ1) is 15.0. The van der Waals surface area contributed by atoms with Crippen molar-refractivity contribution in [2.45, 2.75) is 43.2 Å². The predicted octanol–water partition coefficient (Wildman–Crippen LogP) is -1.75. The number of ether oxygens (including phenoxy) is 1. The van der Waals surface area contributed by atoms with Crippen LogP contribution in [0.4, 0.5) is 4.39 Å². The Morgan fingerprint density at radius 3 is 2.47 bits per heavy atom. The molecular weight excluding hydrogens is 433 g/mol. The number of phenolic OH excluding ortho intramolecular Hbond substituents is 1. The molecule has 1 aliphatic heterocycles. The van der Waals surface area contributed by atoms with Crippen molar-refractivity contribution < 1.29 is 39.9 Å². The number of aliphatic hydroxyl groups is 4. The molecule has 1 aliphatic rings. The molecule has 0 spiro atoms. The zero-order chi connectivity index (χ0) is 23.8. The number of aromatic hydroxyl groups is 1. The van der Waals surface area contributed by atoms with E-state index in [-0.39, 0.29) is 16.4 Å². The number of halogens is 1. The third-order valence-corrected chi connectivity index (χ3v) is 5.46. The number of nitrogens with zero attached hydrogens (tertiary/aromatic N) is 2. The highest BCUT2D eigenvalue weighted by atomic mass is 19.1. The van der Waals surface area contributed by atoms with Crippen LogP contribution in [0.5, 0.6) is 5.75 Å². The minimum atomic E-state index is -3.22. The number of aliphatic hydroxyl groups excluding tert-OH is 2. The van der Waals surface area contributed by atoms with E-state index in [9.17, 15) is 44.7 Å². The number of hydroxylamine groups is 2. The van der Waals surface area contributed by atoms with Gasteiger partial charge in [0.05, 0.1) is 19.8 Å². The van der Waals surface area contributed by atoms with Crippen LogP contribution in [-0.4, -0.2) is 76.6 Å². The number of alkyl halides is 1. The van der Waals surface area contributed by atoms with Crippen molar-refractivity contribution in [3.8, 4) is 5.75 Å². The number of phenols is 1. The van der Waals surface area contributed by atoms with Crippen LogP contribution in [0.25, 0.3) is 0 Å². The van der Waals surface area contributed by atoms with Crippen LogP contribution >= 0.6 is 0 Å². The van der Waals surface area contributed by atoms with Crippen LogP contribution in [0.3, 0.4) is 0 Å². The summed E-state index contributed by atoms with van der Waals surface area (Å²) in [7, 11) is 0. The lowest BCUT2D eigenvalue weighted by Gasteiger charge is -2.42. The highest BCUT2D eigenvalue weighted by molar-refractivity contribution is 5.26. The minimum absolute atomic E-state index is 0.0765. The van der Waals surface area contributed by atoms with E-state index in [0.717, 1.165) is 6.20 Å². The van der Waals surface area contributed by atoms with Gasteiger partial charge in [-0.2, -0.15) is 0 Å². The molecule has 3 rings (SSSR count). The van der Waals surface area contributed by atoms with Gasteiger partial charge in [0, 0.05) is 17.7 Å². The lowest BCUT2D eigenvalue weighted by atomic mass is 9.99. The number of hydrogen-bond donors (Lipinski definition) is 7. The molecule has 1 fully saturated rings. The molecule has 0 aliphatic carbocycles. The Labute approximate surface area is 179 Å². The van der Waals surface area contributed by atoms with E-state index in [2.05, 4.69) is 0 Å². The van der Waals surface area contributed by atoms with Crippen molar-refractivity contribution in [1.29, 1.82) is 0 Å². The zero-order valence-corrected chi connectivity index (χ0v) is 16.9. The smallest absolute Gasteiger partial charge is 0.332 e. The molecule has 176 valence electrons. The van der Waals surface area contributed by atoms with Gasteiger partial charge < -0.3 is 35.5 Å². The Bertz CT molecular complexity index is 1070. The Hall–Kier alpha value is -2.65. The van der Waals surface area contributed by atoms with E-state index >= 15 is 0 Å². The Balaban J connectivity index is 2.14. The van der Waals surface area contributed by atoms with Crippen molar-refractivity contribution in [1.82, 2.24) is 14.6 Å². The molecule has 12 nitrogen and oxygen atoms in total. The number of hydrogen-bond acceptors (Lipinski definition) is 10. The monoisotopic (exact) mass is 457 g/mol. The maximum Gasteiger partial charge on any atom is 0.332 e. The SMILES string of the molecule is CC(CF)c1cn([C@]2(O)O[C@H](CO)[C@@H](O)[C@]2(O)N(O)Cc2ccc(O)cc2)c(=O)[nH]c1=O. The van der Waals surface area contributed by atoms with Crippen molar-refractivity contribution >= 4 is 0 Å². The molecule has 7 N–H and O–H groups in total. The number of aromatic nitrogens is 2. The summed E-state index contributed by atoms with van der Waals surface area (Å²) >= 11 is 0. The molecule has 0 bridgehead atoms. The lowest BCUT2D eigenvalue weighted by Crippen LogP contribution is -2.68. The van der Waals surface area contributed by atoms with E-state index in [1.807, 2.05) is 4.98 Å². The molecule has 13 heteroatoms. The predicted molar refractivity (Wildman–Crippen MR) is 104 cm³/mol. The average molecular weight is 457 g/mol. The minimum Gasteiger partial charge on any atom is -0.508 e. The Morgan fingerprint density at radius 2 is 1.91 bits per heavy atom. The van der Waals surface area contributed by atoms with E-state index in [4.69, 9.17) is 4.74 Å². The van der Waals surface area contributed by atoms with Crippen molar-refractivity contribution in [3.05, 3.63) is 62.4 Å². The maximum atomic E-state index is 13.2. The first kappa shape index (κ1) is 24.0. The van der Waals surface area contributed by atoms with Crippen molar-refractivity contribution in [2.75, 3.05) is 13.3 Å². The van der Waals surface area contributed by atoms with Gasteiger partial charge in [-0.25, -0.2) is 9.36 Å². The molecule has 0 radical (unpaired) electrons. The summed E-state index contributed by atoms with van der Waals surface area (Å²) in [6.07, 6.45) is -3.07. The van der Waals surface area contributed by atoms with E-state index < -0.39 is 60.8 Å². The van der Waals surface area contributed by atoms with Crippen LogP contribution in [0.2, 0.25) is 0 Å². The van der Waals surface area contributed by atoms with Gasteiger partial charge in [-0.1, -0.05) is 19.1 Å². The van der Waals surface area contributed by atoms with Crippen LogP contribution in [0.1, 0.15) is 24.0 Å². The van der Waals surface area contributed by atoms with Gasteiger partial charge in [0.15, 0.2) is 0 Å². The normalized spacial score (nSPS) is 28.9. The molecule has 2 aromatic rings. The van der Waals surface area contributed by atoms with Gasteiger partial charge in [0.2, 0.25) is 5.72 Å². The second-order valence-corrected chi connectivity index (χ2v) is 7.61. The van der Waals surface area contributed by atoms with Gasteiger partial charge >= 0.3 is 11.6 Å². The third-order valence-electron chi connectivity index (χ3n) is 5.46. The van der Waals surface area contributed by atoms with E-state index in [1.165, 1.54) is 31.2 Å². The van der Waals surface area contributed by atoms with Gasteiger partial charge in [0.1, 0.15) is 18.0 Å². The van der Waals surface area contributed by atoms with Crippen LogP contribution in [-0.2, 0) is 17.2 Å². The number of nitrogens with one attached hydrogen (secondary N) is 1. The summed E-state index contributed by atoms with van der Waals surface area (Å²) in [6.45, 7) is -1.12. The summed E-state index contributed by atoms with van der Waals surface area (Å²) in [6, 6.07) is 5.32. The summed E-state index contributed by atoms with van der Waals surface area (Å²) in [5.74, 6) is -4.31. The fourth-order valence-corrected chi connectivity index (χ4v) is 3.55. The first-order valence-corrected chi connectivity index (χ1v) is 9.57. The molecule has 32 heavy (non-hydrogen) atoms. The summed E-state index contributed by atoms with van der Waals surface area (Å²) in [4.78, 5) is 26.4. The summed E-state index contributed by atoms with van der Waals surface area (Å²) in [5.41, 5.74) is -5.35. The van der Waals surface area contributed by atoms with Gasteiger partial charge in [0.25, 0.3) is 5.56 Å². The third kappa shape index (κ3) is 3.73. The summed E-state index contributed by atoms with van der Waals surface area (Å²) in [5, 5.41) is 62.8. The molecule has 5 atom stereocenters. The fourth-order valence-electron chi connectivity index (χ4n) is 3.55. The van der Waals surface area contributed by atoms with Crippen molar-refractivity contribution in [3.63, 3.8) is 0 Å². The second-order valence-electron chi connectivity index (χ2n) is 7.61. The highest BCUT2D eigenvalue weighted by Gasteiger charge is 2.70. The van der Waals surface area contributed by atoms with Crippen LogP contribution in [0, 0.1) is 0 Å². The number of aromatic amines is 1. The van der Waals surface area contributed by atoms with Gasteiger partial charge in [-0.3, -0.25) is 14.2 Å². The highest BCUT2D eigenvalue weighted by Crippen LogP contribution is 2.43. The number of H-pyrrole nitrogens is 1. The Morgan fingerprint density at radius 1 is 1.28 bits per heavy atom. The molecule has 1 aromatic heterocycles. The molecule has 1 saturated heterocycles. The second kappa shape index (κ2) is 8.71. The van der Waals surface area contributed by atoms with Crippen LogP contribution < -0.4 is 11.2 Å². The molecule has 2 heterocycles. The Kier molecular flexibility index (Phi) is 6.53. The van der Waals surface area contributed by atoms with E-state index in [0.29, 0.717) is 10.1 Å². The molecule has 1 unspecified atom stereocenters. The summed E-state index contributed by atoms with van der Waals surface area (Å²) < 4.78 is 18.7. The topological polar surface area (TPSA) is 189 Å². The largest absolute Gasteiger partial charge is 0.508 e. The molecular formula is C19H24FN3O9. The van der Waals surface area contributed by atoms with Crippen LogP contribution in [0.15, 0.2) is 40.1 Å². The van der Waals surface area contributed by atoms with Gasteiger partial charge in [-0.15, -0.1) is 5.06 Å².